The minimum absolute atomic E-state index is 0.0139. The Morgan fingerprint density at radius 1 is 1.11 bits per heavy atom. The second kappa shape index (κ2) is 8.80. The first-order chi connectivity index (χ1) is 18.2. The number of imidazole rings is 1. The Labute approximate surface area is 216 Å². The van der Waals surface area contributed by atoms with Crippen LogP contribution in [-0.2, 0) is 0 Å². The summed E-state index contributed by atoms with van der Waals surface area (Å²) in [4.78, 5) is 23.6. The van der Waals surface area contributed by atoms with Gasteiger partial charge >= 0.3 is 0 Å². The average Bonchev–Trinajstić information content (AvgIpc) is 3.60. The molecule has 5 aromatic rings. The molecule has 192 valence electrons. The van der Waals surface area contributed by atoms with E-state index in [2.05, 4.69) is 30.5 Å². The molecular weight excluding hydrogens is 523 g/mol. The van der Waals surface area contributed by atoms with E-state index in [-0.39, 0.29) is 50.7 Å². The van der Waals surface area contributed by atoms with E-state index >= 15 is 8.78 Å². The molecule has 0 spiro atoms. The molecule has 0 bridgehead atoms. The summed E-state index contributed by atoms with van der Waals surface area (Å²) < 4.78 is 47.4. The summed E-state index contributed by atoms with van der Waals surface area (Å²) in [6.45, 7) is 1.87. The van der Waals surface area contributed by atoms with Gasteiger partial charge in [0, 0.05) is 17.3 Å². The van der Waals surface area contributed by atoms with Crippen LogP contribution in [0.2, 0.25) is 5.02 Å². The van der Waals surface area contributed by atoms with Gasteiger partial charge in [0.15, 0.2) is 5.82 Å². The molecule has 2 atom stereocenters. The maximum Gasteiger partial charge on any atom is 0.251 e. The van der Waals surface area contributed by atoms with Crippen molar-refractivity contribution in [2.24, 2.45) is 0 Å². The predicted molar refractivity (Wildman–Crippen MR) is 131 cm³/mol. The highest BCUT2D eigenvalue weighted by atomic mass is 35.5. The lowest BCUT2D eigenvalue weighted by atomic mass is 9.99. The van der Waals surface area contributed by atoms with E-state index in [0.29, 0.717) is 12.1 Å². The van der Waals surface area contributed by atoms with E-state index in [1.165, 1.54) is 39.8 Å². The minimum atomic E-state index is -0.908. The number of benzene rings is 1. The molecule has 0 unspecified atom stereocenters. The molecule has 0 aliphatic carbocycles. The van der Waals surface area contributed by atoms with Gasteiger partial charge in [-0.25, -0.2) is 9.37 Å². The monoisotopic (exact) mass is 539 g/mol. The lowest BCUT2D eigenvalue weighted by molar-refractivity contribution is 0.508. The number of hydrogen-bond acceptors (Lipinski definition) is 7. The van der Waals surface area contributed by atoms with E-state index in [0.717, 1.165) is 0 Å². The van der Waals surface area contributed by atoms with Crippen molar-refractivity contribution >= 4 is 17.4 Å². The number of aromatic nitrogens is 8. The fraction of sp³-hybridized carbons (Fsp3) is 0.167. The molecule has 1 aromatic carbocycles. The van der Waals surface area contributed by atoms with Crippen LogP contribution in [0.25, 0.3) is 28.2 Å². The van der Waals surface area contributed by atoms with Crippen LogP contribution in [0, 0.1) is 17.7 Å². The standard InChI is InChI=1S/C24H17ClF3N9O/c1-10-6-16(21-23(28)33-24(32-21)12-2-5-17(29)31-22(12)27)37-15(10)7-11(8-18(37)38)19-14(36-9-30-34-35-36)4-3-13(25)20(19)26/h2-5,7-10,16H,6H2,1H3,(H2,29,31)(H,32,33)/t10-,16-/m0/s1. The Kier molecular flexibility index (Phi) is 5.52. The van der Waals surface area contributed by atoms with Crippen LogP contribution in [0.4, 0.5) is 19.0 Å². The SMILES string of the molecule is C[C@H]1C[C@@H](c2[nH]c(-c3ccc(N)nc3F)nc2F)n2c1cc(-c1c(-n3cnnn3)ccc(Cl)c1F)cc2=O. The highest BCUT2D eigenvalue weighted by Crippen LogP contribution is 2.41. The second-order valence-electron chi connectivity index (χ2n) is 8.90. The van der Waals surface area contributed by atoms with Gasteiger partial charge in [-0.1, -0.05) is 18.5 Å². The number of nitrogens with one attached hydrogen (secondary N) is 1. The zero-order valence-electron chi connectivity index (χ0n) is 19.5. The molecule has 4 aromatic heterocycles. The smallest absolute Gasteiger partial charge is 0.251 e. The number of nitrogen functional groups attached to an aromatic ring is 1. The summed E-state index contributed by atoms with van der Waals surface area (Å²) in [5.41, 5.74) is 6.09. The van der Waals surface area contributed by atoms with Gasteiger partial charge in [0.25, 0.3) is 5.56 Å². The van der Waals surface area contributed by atoms with Crippen LogP contribution >= 0.6 is 11.6 Å². The van der Waals surface area contributed by atoms with E-state index in [9.17, 15) is 9.18 Å². The van der Waals surface area contributed by atoms with Gasteiger partial charge in [0.2, 0.25) is 11.9 Å². The number of fused-ring (bicyclic) bond motifs is 1. The van der Waals surface area contributed by atoms with Crippen LogP contribution in [0.3, 0.4) is 0 Å². The first-order valence-corrected chi connectivity index (χ1v) is 11.8. The number of aromatic amines is 1. The number of anilines is 1. The third-order valence-electron chi connectivity index (χ3n) is 6.59. The van der Waals surface area contributed by atoms with Crippen molar-refractivity contribution < 1.29 is 13.2 Å². The van der Waals surface area contributed by atoms with Crippen LogP contribution < -0.4 is 11.3 Å². The maximum absolute atomic E-state index is 15.3. The van der Waals surface area contributed by atoms with Crippen molar-refractivity contribution in [3.63, 3.8) is 0 Å². The normalized spacial score (nSPS) is 16.7. The van der Waals surface area contributed by atoms with Crippen molar-refractivity contribution in [3.05, 3.63) is 87.2 Å². The van der Waals surface area contributed by atoms with Crippen molar-refractivity contribution in [2.45, 2.75) is 25.3 Å². The summed E-state index contributed by atoms with van der Waals surface area (Å²) in [6.07, 6.45) is 1.64. The molecule has 0 saturated carbocycles. The van der Waals surface area contributed by atoms with Gasteiger partial charge in [-0.2, -0.15) is 18.4 Å². The zero-order valence-corrected chi connectivity index (χ0v) is 20.3. The lowest BCUT2D eigenvalue weighted by Gasteiger charge is -2.16. The van der Waals surface area contributed by atoms with Gasteiger partial charge in [-0.15, -0.1) is 5.10 Å². The van der Waals surface area contributed by atoms with Crippen LogP contribution in [0.15, 0.2) is 47.5 Å². The topological polar surface area (TPSA) is 133 Å². The largest absolute Gasteiger partial charge is 0.384 e. The van der Waals surface area contributed by atoms with E-state index in [1.807, 2.05) is 6.92 Å². The van der Waals surface area contributed by atoms with Crippen molar-refractivity contribution in [1.82, 2.24) is 39.7 Å². The first kappa shape index (κ1) is 23.9. The Hall–Kier alpha value is -4.52. The first-order valence-electron chi connectivity index (χ1n) is 11.4. The molecule has 10 nitrogen and oxygen atoms in total. The number of H-pyrrole nitrogens is 1. The molecule has 0 saturated heterocycles. The molecule has 3 N–H and O–H groups in total. The van der Waals surface area contributed by atoms with Crippen molar-refractivity contribution in [2.75, 3.05) is 5.73 Å². The number of halogens is 4. The summed E-state index contributed by atoms with van der Waals surface area (Å²) in [5, 5.41) is 10.9. The van der Waals surface area contributed by atoms with Crippen LogP contribution in [0.1, 0.15) is 36.7 Å². The van der Waals surface area contributed by atoms with Crippen LogP contribution in [-0.4, -0.2) is 39.7 Å². The molecule has 0 radical (unpaired) electrons. The molecule has 14 heteroatoms. The summed E-state index contributed by atoms with van der Waals surface area (Å²) in [5.74, 6) is -2.85. The van der Waals surface area contributed by atoms with Gasteiger partial charge < -0.3 is 15.3 Å². The maximum atomic E-state index is 15.3. The Bertz CT molecular complexity index is 1770. The second-order valence-corrected chi connectivity index (χ2v) is 9.31. The molecule has 5 heterocycles. The van der Waals surface area contributed by atoms with E-state index < -0.39 is 29.3 Å². The minimum Gasteiger partial charge on any atom is -0.384 e. The molecule has 1 aliphatic heterocycles. The summed E-state index contributed by atoms with van der Waals surface area (Å²) in [7, 11) is 0. The molecule has 0 fully saturated rings. The number of rotatable bonds is 4. The van der Waals surface area contributed by atoms with Crippen molar-refractivity contribution in [1.29, 1.82) is 0 Å². The van der Waals surface area contributed by atoms with Crippen LogP contribution in [0.5, 0.6) is 0 Å². The molecule has 1 aliphatic rings. The van der Waals surface area contributed by atoms with Crippen molar-refractivity contribution in [3.8, 4) is 28.2 Å². The highest BCUT2D eigenvalue weighted by Gasteiger charge is 2.35. The lowest BCUT2D eigenvalue weighted by Crippen LogP contribution is -2.24. The van der Waals surface area contributed by atoms with Gasteiger partial charge in [-0.3, -0.25) is 4.79 Å². The van der Waals surface area contributed by atoms with Gasteiger partial charge in [0.05, 0.1) is 28.0 Å². The highest BCUT2D eigenvalue weighted by molar-refractivity contribution is 6.31. The van der Waals surface area contributed by atoms with Gasteiger partial charge in [-0.05, 0) is 58.7 Å². The predicted octanol–water partition coefficient (Wildman–Crippen LogP) is 4.03. The van der Waals surface area contributed by atoms with Gasteiger partial charge in [0.1, 0.15) is 18.0 Å². The number of nitrogens with zero attached hydrogens (tertiary/aromatic N) is 7. The molecule has 6 rings (SSSR count). The number of pyridine rings is 2. The number of hydrogen-bond donors (Lipinski definition) is 2. The third-order valence-corrected chi connectivity index (χ3v) is 6.88. The third kappa shape index (κ3) is 3.74. The van der Waals surface area contributed by atoms with E-state index in [1.54, 1.807) is 12.1 Å². The molecule has 38 heavy (non-hydrogen) atoms. The Morgan fingerprint density at radius 3 is 2.66 bits per heavy atom. The number of nitrogens with two attached hydrogens (primary N) is 1. The number of tetrazole rings is 1. The Morgan fingerprint density at radius 2 is 1.92 bits per heavy atom. The fourth-order valence-corrected chi connectivity index (χ4v) is 5.04. The summed E-state index contributed by atoms with van der Waals surface area (Å²) >= 11 is 6.07. The quantitative estimate of drug-likeness (QED) is 0.329. The fourth-order valence-electron chi connectivity index (χ4n) is 4.88. The molecular formula is C24H17ClF3N9O. The summed E-state index contributed by atoms with van der Waals surface area (Å²) in [6, 6.07) is 7.77. The van der Waals surface area contributed by atoms with E-state index in [4.69, 9.17) is 17.3 Å². The average molecular weight is 540 g/mol. The zero-order chi connectivity index (χ0) is 26.7. The Balaban J connectivity index is 1.47. The molecule has 0 amide bonds.